The number of para-hydroxylation sites is 1. The Morgan fingerprint density at radius 3 is 2.52 bits per heavy atom. The van der Waals surface area contributed by atoms with Crippen LogP contribution in [-0.2, 0) is 16.1 Å². The van der Waals surface area contributed by atoms with Crippen LogP contribution >= 0.6 is 0 Å². The summed E-state index contributed by atoms with van der Waals surface area (Å²) in [6, 6.07) is 15.3. The van der Waals surface area contributed by atoms with E-state index in [1.807, 2.05) is 36.6 Å². The summed E-state index contributed by atoms with van der Waals surface area (Å²) >= 11 is 0. The van der Waals surface area contributed by atoms with Gasteiger partial charge in [0.1, 0.15) is 12.4 Å². The average Bonchev–Trinajstić information content (AvgIpc) is 2.78. The third-order valence-corrected chi connectivity index (χ3v) is 5.59. The maximum Gasteiger partial charge on any atom is 0.325 e. The second kappa shape index (κ2) is 8.94. The number of carbonyl (C=O) groups excluding carboxylic acids is 1. The highest BCUT2D eigenvalue weighted by Gasteiger charge is 2.19. The van der Waals surface area contributed by atoms with E-state index in [0.717, 1.165) is 11.3 Å². The van der Waals surface area contributed by atoms with Crippen molar-refractivity contribution in [3.63, 3.8) is 0 Å². The molecule has 1 aromatic heterocycles. The van der Waals surface area contributed by atoms with Crippen LogP contribution in [0.25, 0.3) is 21.8 Å². The van der Waals surface area contributed by atoms with Crippen LogP contribution < -0.4 is 15.6 Å². The average molecular weight is 448 g/mol. The number of nitrogens with zero attached hydrogens (tertiary/aromatic N) is 2. The van der Waals surface area contributed by atoms with Crippen molar-refractivity contribution in [3.05, 3.63) is 76.2 Å². The number of rotatable bonds is 6. The van der Waals surface area contributed by atoms with Gasteiger partial charge in [-0.3, -0.25) is 9.59 Å². The first kappa shape index (κ1) is 22.3. The Morgan fingerprint density at radius 1 is 1.09 bits per heavy atom. The molecule has 0 amide bonds. The molecule has 4 aromatic rings. The molecule has 0 saturated carbocycles. The normalized spacial score (nSPS) is 11.1. The Kier molecular flexibility index (Phi) is 6.05. The molecule has 1 N–H and O–H groups in total. The van der Waals surface area contributed by atoms with Gasteiger partial charge in [-0.25, -0.2) is 4.39 Å². The minimum atomic E-state index is -0.401. The lowest BCUT2D eigenvalue weighted by molar-refractivity contribution is -0.143. The molecule has 4 rings (SSSR count). The van der Waals surface area contributed by atoms with E-state index in [1.165, 1.54) is 6.07 Å². The summed E-state index contributed by atoms with van der Waals surface area (Å²) in [6.07, 6.45) is 0. The lowest BCUT2D eigenvalue weighted by Crippen LogP contribution is -2.21. The van der Waals surface area contributed by atoms with Crippen molar-refractivity contribution in [3.8, 4) is 0 Å². The second-order valence-corrected chi connectivity index (χ2v) is 8.08. The van der Waals surface area contributed by atoms with Crippen LogP contribution in [0.15, 0.2) is 59.4 Å². The third-order valence-electron chi connectivity index (χ3n) is 5.59. The van der Waals surface area contributed by atoms with Crippen molar-refractivity contribution in [1.29, 1.82) is 0 Å². The molecule has 7 heteroatoms. The lowest BCUT2D eigenvalue weighted by Gasteiger charge is -2.23. The number of hydrogen-bond acceptors (Lipinski definition) is 5. The van der Waals surface area contributed by atoms with E-state index in [-0.39, 0.29) is 24.4 Å². The number of nitrogens with one attached hydrogen (secondary N) is 1. The van der Waals surface area contributed by atoms with Gasteiger partial charge in [0.25, 0.3) is 0 Å². The molecule has 0 radical (unpaired) electrons. The second-order valence-electron chi connectivity index (χ2n) is 8.08. The van der Waals surface area contributed by atoms with Crippen LogP contribution in [0.1, 0.15) is 12.5 Å². The van der Waals surface area contributed by atoms with Crippen molar-refractivity contribution in [2.45, 2.75) is 20.4 Å². The number of carbonyl (C=O) groups is 1. The zero-order valence-electron chi connectivity index (χ0n) is 19.1. The highest BCUT2D eigenvalue weighted by molar-refractivity contribution is 6.02. The summed E-state index contributed by atoms with van der Waals surface area (Å²) in [6.45, 7) is 3.92. The fourth-order valence-corrected chi connectivity index (χ4v) is 4.21. The standard InChI is InChI=1S/C26H26FN3O3/c1-5-33-23(31)15-30-22-14-17(28-21-9-7-6-8-20(21)27)11-13-18(22)26(32)19-12-10-16(2)24(25(19)30)29(3)4/h6-14,28H,5,15H2,1-4H3. The van der Waals surface area contributed by atoms with E-state index in [1.54, 1.807) is 49.4 Å². The zero-order chi connectivity index (χ0) is 23.7. The molecule has 0 aliphatic carbocycles. The Balaban J connectivity index is 2.04. The van der Waals surface area contributed by atoms with Gasteiger partial charge in [0.15, 0.2) is 5.43 Å². The number of halogens is 1. The quantitative estimate of drug-likeness (QED) is 0.334. The molecule has 0 saturated heterocycles. The molecule has 0 bridgehead atoms. The van der Waals surface area contributed by atoms with Crippen molar-refractivity contribution in [2.24, 2.45) is 0 Å². The van der Waals surface area contributed by atoms with E-state index in [2.05, 4.69) is 5.32 Å². The van der Waals surface area contributed by atoms with Gasteiger partial charge in [-0.2, -0.15) is 0 Å². The highest BCUT2D eigenvalue weighted by atomic mass is 19.1. The molecule has 0 fully saturated rings. The topological polar surface area (TPSA) is 63.6 Å². The molecular weight excluding hydrogens is 421 g/mol. The van der Waals surface area contributed by atoms with Crippen LogP contribution in [0.4, 0.5) is 21.5 Å². The number of aromatic nitrogens is 1. The molecule has 0 atom stereocenters. The van der Waals surface area contributed by atoms with Gasteiger partial charge in [0, 0.05) is 30.6 Å². The van der Waals surface area contributed by atoms with Gasteiger partial charge in [-0.05, 0) is 55.8 Å². The van der Waals surface area contributed by atoms with E-state index < -0.39 is 5.97 Å². The summed E-state index contributed by atoms with van der Waals surface area (Å²) < 4.78 is 21.2. The molecule has 170 valence electrons. The number of aryl methyl sites for hydroxylation is 1. The van der Waals surface area contributed by atoms with E-state index in [0.29, 0.717) is 33.2 Å². The first-order valence-electron chi connectivity index (χ1n) is 10.8. The Bertz CT molecular complexity index is 1430. The summed E-state index contributed by atoms with van der Waals surface area (Å²) in [5.74, 6) is -0.784. The molecule has 0 spiro atoms. The largest absolute Gasteiger partial charge is 0.465 e. The number of pyridine rings is 1. The first-order chi connectivity index (χ1) is 15.8. The van der Waals surface area contributed by atoms with Gasteiger partial charge < -0.3 is 19.5 Å². The first-order valence-corrected chi connectivity index (χ1v) is 10.8. The fourth-order valence-electron chi connectivity index (χ4n) is 4.21. The minimum Gasteiger partial charge on any atom is -0.465 e. The van der Waals surface area contributed by atoms with Crippen LogP contribution in [0.2, 0.25) is 0 Å². The summed E-state index contributed by atoms with van der Waals surface area (Å²) in [5, 5.41) is 4.07. The fraction of sp³-hybridized carbons (Fsp3) is 0.231. The van der Waals surface area contributed by atoms with E-state index in [9.17, 15) is 14.0 Å². The molecule has 3 aromatic carbocycles. The van der Waals surface area contributed by atoms with Gasteiger partial charge >= 0.3 is 5.97 Å². The number of benzene rings is 3. The van der Waals surface area contributed by atoms with Gasteiger partial charge in [0.05, 0.1) is 29.0 Å². The van der Waals surface area contributed by atoms with Crippen LogP contribution in [-0.4, -0.2) is 31.2 Å². The molecule has 0 aliphatic rings. The van der Waals surface area contributed by atoms with Crippen molar-refractivity contribution >= 4 is 44.8 Å². The monoisotopic (exact) mass is 447 g/mol. The smallest absolute Gasteiger partial charge is 0.325 e. The molecule has 6 nitrogen and oxygen atoms in total. The number of ether oxygens (including phenoxy) is 1. The highest BCUT2D eigenvalue weighted by Crippen LogP contribution is 2.32. The number of fused-ring (bicyclic) bond motifs is 2. The number of hydrogen-bond donors (Lipinski definition) is 1. The number of anilines is 3. The molecular formula is C26H26FN3O3. The summed E-state index contributed by atoms with van der Waals surface area (Å²) in [4.78, 5) is 27.9. The van der Waals surface area contributed by atoms with Gasteiger partial charge in [-0.1, -0.05) is 18.2 Å². The molecule has 1 heterocycles. The third kappa shape index (κ3) is 4.14. The number of esters is 1. The van der Waals surface area contributed by atoms with Gasteiger partial charge in [-0.15, -0.1) is 0 Å². The van der Waals surface area contributed by atoms with Crippen molar-refractivity contribution < 1.29 is 13.9 Å². The predicted octanol–water partition coefficient (Wildman–Crippen LogP) is 4.97. The van der Waals surface area contributed by atoms with Crippen molar-refractivity contribution in [1.82, 2.24) is 4.57 Å². The SMILES string of the molecule is CCOC(=O)Cn1c2cc(Nc3ccccc3F)ccc2c(=O)c2ccc(C)c(N(C)C)c21. The molecule has 0 unspecified atom stereocenters. The lowest BCUT2D eigenvalue weighted by atomic mass is 10.0. The van der Waals surface area contributed by atoms with Crippen LogP contribution in [0, 0.1) is 12.7 Å². The maximum absolute atomic E-state index is 14.2. The van der Waals surface area contributed by atoms with Crippen LogP contribution in [0.3, 0.4) is 0 Å². The zero-order valence-corrected chi connectivity index (χ0v) is 19.1. The molecule has 0 aliphatic heterocycles. The van der Waals surface area contributed by atoms with Crippen molar-refractivity contribution in [2.75, 3.05) is 30.9 Å². The Hall–Kier alpha value is -3.87. The predicted molar refractivity (Wildman–Crippen MR) is 131 cm³/mol. The van der Waals surface area contributed by atoms with Crippen LogP contribution in [0.5, 0.6) is 0 Å². The van der Waals surface area contributed by atoms with E-state index >= 15 is 0 Å². The van der Waals surface area contributed by atoms with Gasteiger partial charge in [0.2, 0.25) is 0 Å². The Labute approximate surface area is 191 Å². The minimum absolute atomic E-state index is 0.0609. The summed E-state index contributed by atoms with van der Waals surface area (Å²) in [7, 11) is 3.81. The maximum atomic E-state index is 14.2. The molecule has 33 heavy (non-hydrogen) atoms. The Morgan fingerprint density at radius 2 is 1.82 bits per heavy atom. The van der Waals surface area contributed by atoms with E-state index in [4.69, 9.17) is 4.74 Å². The summed E-state index contributed by atoms with van der Waals surface area (Å²) in [5.41, 5.74) is 3.85.